The maximum atomic E-state index is 11.9. The number of piperidine rings is 1. The summed E-state index contributed by atoms with van der Waals surface area (Å²) in [6, 6.07) is 0. The predicted molar refractivity (Wildman–Crippen MR) is 80.4 cm³/mol. The molecule has 2 aliphatic rings. The van der Waals surface area contributed by atoms with Crippen LogP contribution in [-0.2, 0) is 9.53 Å². The van der Waals surface area contributed by atoms with Crippen molar-refractivity contribution in [3.05, 3.63) is 0 Å². The van der Waals surface area contributed by atoms with Gasteiger partial charge in [0.1, 0.15) is 0 Å². The number of carbonyl (C=O) groups is 1. The minimum absolute atomic E-state index is 0.264. The Labute approximate surface area is 123 Å². The summed E-state index contributed by atoms with van der Waals surface area (Å²) in [5.41, 5.74) is 5.45. The number of nitrogens with two attached hydrogens (primary N) is 1. The van der Waals surface area contributed by atoms with Crippen LogP contribution in [0.15, 0.2) is 0 Å². The first-order valence-corrected chi connectivity index (χ1v) is 8.32. The summed E-state index contributed by atoms with van der Waals surface area (Å²) in [5, 5.41) is 0. The van der Waals surface area contributed by atoms with Crippen molar-refractivity contribution in [1.29, 1.82) is 0 Å². The molecule has 0 bridgehead atoms. The molecule has 4 nitrogen and oxygen atoms in total. The molecule has 116 valence electrons. The highest BCUT2D eigenvalue weighted by Crippen LogP contribution is 2.28. The summed E-state index contributed by atoms with van der Waals surface area (Å²) in [6.07, 6.45) is 9.29. The summed E-state index contributed by atoms with van der Waals surface area (Å²) in [4.78, 5) is 13.9. The number of ether oxygens (including phenoxy) is 1. The maximum absolute atomic E-state index is 11.9. The third-order valence-electron chi connectivity index (χ3n) is 4.74. The van der Waals surface area contributed by atoms with E-state index in [0.717, 1.165) is 38.3 Å². The van der Waals surface area contributed by atoms with E-state index in [9.17, 15) is 4.79 Å². The number of carbonyl (C=O) groups excluding carboxylic acids is 1. The van der Waals surface area contributed by atoms with Gasteiger partial charge in [0, 0.05) is 19.5 Å². The van der Waals surface area contributed by atoms with E-state index in [0.29, 0.717) is 25.2 Å². The number of likely N-dealkylation sites (tertiary alicyclic amines) is 1. The summed E-state index contributed by atoms with van der Waals surface area (Å²) >= 11 is 0. The van der Waals surface area contributed by atoms with Gasteiger partial charge in [-0.05, 0) is 57.4 Å². The predicted octanol–water partition coefficient (Wildman–Crippen LogP) is 2.31. The van der Waals surface area contributed by atoms with Gasteiger partial charge in [0.2, 0.25) is 5.91 Å². The Balaban J connectivity index is 1.65. The van der Waals surface area contributed by atoms with Crippen LogP contribution in [0.4, 0.5) is 0 Å². The second kappa shape index (κ2) is 7.99. The first-order chi connectivity index (χ1) is 9.69. The smallest absolute Gasteiger partial charge is 0.222 e. The van der Waals surface area contributed by atoms with Crippen LogP contribution >= 0.6 is 0 Å². The van der Waals surface area contributed by atoms with Crippen LogP contribution in [0.1, 0.15) is 58.3 Å². The van der Waals surface area contributed by atoms with Gasteiger partial charge in [-0.3, -0.25) is 4.79 Å². The van der Waals surface area contributed by atoms with Gasteiger partial charge in [-0.2, -0.15) is 0 Å². The lowest BCUT2D eigenvalue weighted by Gasteiger charge is -2.35. The van der Waals surface area contributed by atoms with Crippen molar-refractivity contribution in [2.45, 2.75) is 70.5 Å². The lowest BCUT2D eigenvalue weighted by molar-refractivity contribution is -0.135. The Morgan fingerprint density at radius 2 is 1.70 bits per heavy atom. The molecule has 1 amide bonds. The Bertz CT molecular complexity index is 293. The zero-order chi connectivity index (χ0) is 14.4. The quantitative estimate of drug-likeness (QED) is 0.842. The van der Waals surface area contributed by atoms with E-state index in [1.54, 1.807) is 0 Å². The molecule has 1 aliphatic heterocycles. The highest BCUT2D eigenvalue weighted by Gasteiger charge is 2.26. The van der Waals surface area contributed by atoms with E-state index in [1.165, 1.54) is 25.7 Å². The molecule has 0 atom stereocenters. The molecular formula is C16H30N2O2. The molecule has 0 aromatic rings. The number of hydrogen-bond donors (Lipinski definition) is 1. The van der Waals surface area contributed by atoms with Gasteiger partial charge in [-0.25, -0.2) is 0 Å². The van der Waals surface area contributed by atoms with E-state index in [-0.39, 0.29) is 5.91 Å². The summed E-state index contributed by atoms with van der Waals surface area (Å²) in [6.45, 7) is 4.65. The third-order valence-corrected chi connectivity index (χ3v) is 4.74. The van der Waals surface area contributed by atoms with Gasteiger partial charge in [-0.15, -0.1) is 0 Å². The molecule has 1 saturated heterocycles. The van der Waals surface area contributed by atoms with Crippen LogP contribution in [0, 0.1) is 5.92 Å². The SMILES string of the molecule is CC1CCC(OC2CCN(C(=O)CCCN)CC2)CC1. The number of amides is 1. The van der Waals surface area contributed by atoms with Crippen molar-refractivity contribution in [3.63, 3.8) is 0 Å². The fourth-order valence-electron chi connectivity index (χ4n) is 3.29. The lowest BCUT2D eigenvalue weighted by Crippen LogP contribution is -2.42. The molecule has 2 rings (SSSR count). The van der Waals surface area contributed by atoms with Gasteiger partial charge >= 0.3 is 0 Å². The minimum Gasteiger partial charge on any atom is -0.375 e. The summed E-state index contributed by atoms with van der Waals surface area (Å²) in [5.74, 6) is 1.14. The minimum atomic E-state index is 0.264. The topological polar surface area (TPSA) is 55.6 Å². The van der Waals surface area contributed by atoms with Crippen molar-refractivity contribution in [3.8, 4) is 0 Å². The van der Waals surface area contributed by atoms with Crippen molar-refractivity contribution in [1.82, 2.24) is 4.90 Å². The van der Waals surface area contributed by atoms with Gasteiger partial charge in [0.15, 0.2) is 0 Å². The molecule has 4 heteroatoms. The van der Waals surface area contributed by atoms with Crippen LogP contribution in [0.5, 0.6) is 0 Å². The van der Waals surface area contributed by atoms with Crippen molar-refractivity contribution >= 4 is 5.91 Å². The van der Waals surface area contributed by atoms with Crippen molar-refractivity contribution in [2.75, 3.05) is 19.6 Å². The Hall–Kier alpha value is -0.610. The molecule has 1 aliphatic carbocycles. The molecule has 0 spiro atoms. The Morgan fingerprint density at radius 1 is 1.10 bits per heavy atom. The average molecular weight is 282 g/mol. The fraction of sp³-hybridized carbons (Fsp3) is 0.938. The molecule has 1 heterocycles. The van der Waals surface area contributed by atoms with Crippen LogP contribution in [-0.4, -0.2) is 42.6 Å². The second-order valence-electron chi connectivity index (χ2n) is 6.49. The average Bonchev–Trinajstić information content (AvgIpc) is 2.48. The highest BCUT2D eigenvalue weighted by molar-refractivity contribution is 5.76. The zero-order valence-electron chi connectivity index (χ0n) is 12.9. The van der Waals surface area contributed by atoms with E-state index in [2.05, 4.69) is 6.92 Å². The zero-order valence-corrected chi connectivity index (χ0v) is 12.9. The first-order valence-electron chi connectivity index (χ1n) is 8.32. The van der Waals surface area contributed by atoms with E-state index < -0.39 is 0 Å². The first kappa shape index (κ1) is 15.8. The molecule has 0 aromatic carbocycles. The third kappa shape index (κ3) is 4.74. The van der Waals surface area contributed by atoms with E-state index in [4.69, 9.17) is 10.5 Å². The van der Waals surface area contributed by atoms with Crippen molar-refractivity contribution < 1.29 is 9.53 Å². The monoisotopic (exact) mass is 282 g/mol. The molecule has 2 N–H and O–H groups in total. The van der Waals surface area contributed by atoms with Gasteiger partial charge in [0.25, 0.3) is 0 Å². The standard InChI is InChI=1S/C16H30N2O2/c1-13-4-6-14(7-5-13)20-15-8-11-18(12-9-15)16(19)3-2-10-17/h13-15H,2-12,17H2,1H3. The highest BCUT2D eigenvalue weighted by atomic mass is 16.5. The molecule has 1 saturated carbocycles. The van der Waals surface area contributed by atoms with Crippen LogP contribution in [0.2, 0.25) is 0 Å². The maximum Gasteiger partial charge on any atom is 0.222 e. The van der Waals surface area contributed by atoms with Gasteiger partial charge in [0.05, 0.1) is 12.2 Å². The van der Waals surface area contributed by atoms with Crippen LogP contribution in [0.3, 0.4) is 0 Å². The Morgan fingerprint density at radius 3 is 2.30 bits per heavy atom. The molecule has 0 aromatic heterocycles. The molecular weight excluding hydrogens is 252 g/mol. The fourth-order valence-corrected chi connectivity index (χ4v) is 3.29. The van der Waals surface area contributed by atoms with Crippen LogP contribution < -0.4 is 5.73 Å². The number of rotatable bonds is 5. The van der Waals surface area contributed by atoms with Gasteiger partial charge in [-0.1, -0.05) is 6.92 Å². The second-order valence-corrected chi connectivity index (χ2v) is 6.49. The van der Waals surface area contributed by atoms with Crippen molar-refractivity contribution in [2.24, 2.45) is 11.7 Å². The van der Waals surface area contributed by atoms with E-state index >= 15 is 0 Å². The number of hydrogen-bond acceptors (Lipinski definition) is 3. The lowest BCUT2D eigenvalue weighted by atomic mass is 9.88. The molecule has 0 radical (unpaired) electrons. The van der Waals surface area contributed by atoms with E-state index in [1.807, 2.05) is 4.90 Å². The normalized spacial score (nSPS) is 28.6. The van der Waals surface area contributed by atoms with Gasteiger partial charge < -0.3 is 15.4 Å². The number of nitrogens with zero attached hydrogens (tertiary/aromatic N) is 1. The van der Waals surface area contributed by atoms with Crippen LogP contribution in [0.25, 0.3) is 0 Å². The molecule has 0 unspecified atom stereocenters. The summed E-state index contributed by atoms with van der Waals surface area (Å²) in [7, 11) is 0. The Kier molecular flexibility index (Phi) is 6.30. The molecule has 20 heavy (non-hydrogen) atoms. The summed E-state index contributed by atoms with van der Waals surface area (Å²) < 4.78 is 6.23. The largest absolute Gasteiger partial charge is 0.375 e. The molecule has 2 fully saturated rings.